The van der Waals surface area contributed by atoms with Gasteiger partial charge in [0.1, 0.15) is 5.69 Å². The fraction of sp³-hybridized carbons (Fsp3) is 0.444. The molecule has 130 valence electrons. The highest BCUT2D eigenvalue weighted by molar-refractivity contribution is 7.09. The Morgan fingerprint density at radius 2 is 2.12 bits per heavy atom. The van der Waals surface area contributed by atoms with Crippen LogP contribution in [0.15, 0.2) is 23.6 Å². The Kier molecular flexibility index (Phi) is 5.68. The molecule has 1 aliphatic heterocycles. The van der Waals surface area contributed by atoms with E-state index in [9.17, 15) is 4.79 Å². The number of aromatic nitrogens is 1. The van der Waals surface area contributed by atoms with Gasteiger partial charge in [0, 0.05) is 24.0 Å². The molecule has 1 amide bonds. The highest BCUT2D eigenvalue weighted by Gasteiger charge is 2.28. The van der Waals surface area contributed by atoms with Crippen molar-refractivity contribution in [3.8, 4) is 0 Å². The highest BCUT2D eigenvalue weighted by Crippen LogP contribution is 2.33. The Hall–Kier alpha value is -1.43. The second-order valence-corrected chi connectivity index (χ2v) is 7.91. The highest BCUT2D eigenvalue weighted by atomic mass is 35.5. The van der Waals surface area contributed by atoms with Crippen molar-refractivity contribution in [3.63, 3.8) is 0 Å². The van der Waals surface area contributed by atoms with Crippen LogP contribution in [0.1, 0.15) is 47.4 Å². The van der Waals surface area contributed by atoms with Crippen LogP contribution in [0.2, 0.25) is 0 Å². The molecule has 0 unspecified atom stereocenters. The molecule has 1 aliphatic rings. The van der Waals surface area contributed by atoms with Gasteiger partial charge < -0.3 is 10.6 Å². The molecule has 0 atom stereocenters. The number of thiazole rings is 1. The minimum atomic E-state index is -0.00761. The molecule has 2 heterocycles. The number of halogens is 1. The van der Waals surface area contributed by atoms with Crippen molar-refractivity contribution < 1.29 is 4.79 Å². The number of nitrogens with two attached hydrogens (primary N) is 1. The van der Waals surface area contributed by atoms with E-state index in [4.69, 9.17) is 5.73 Å². The monoisotopic (exact) mass is 365 g/mol. The van der Waals surface area contributed by atoms with Crippen molar-refractivity contribution in [1.29, 1.82) is 0 Å². The Labute approximate surface area is 153 Å². The quantitative estimate of drug-likeness (QED) is 0.904. The van der Waals surface area contributed by atoms with Crippen LogP contribution in [0.25, 0.3) is 0 Å². The van der Waals surface area contributed by atoms with Crippen LogP contribution in [-0.4, -0.2) is 24.0 Å². The summed E-state index contributed by atoms with van der Waals surface area (Å²) in [6, 6.07) is 6.45. The number of anilines is 1. The molecule has 1 aromatic carbocycles. The van der Waals surface area contributed by atoms with Gasteiger partial charge in [-0.3, -0.25) is 4.79 Å². The van der Waals surface area contributed by atoms with Gasteiger partial charge in [0.05, 0.1) is 5.01 Å². The number of benzene rings is 1. The van der Waals surface area contributed by atoms with Crippen molar-refractivity contribution in [1.82, 2.24) is 4.98 Å². The number of fused-ring (bicyclic) bond motifs is 1. The minimum Gasteiger partial charge on any atom is -0.330 e. The molecule has 0 aliphatic carbocycles. The third kappa shape index (κ3) is 3.63. The summed E-state index contributed by atoms with van der Waals surface area (Å²) in [5.41, 5.74) is 9.80. The van der Waals surface area contributed by atoms with Gasteiger partial charge in [-0.05, 0) is 35.6 Å². The summed E-state index contributed by atoms with van der Waals surface area (Å²) >= 11 is 1.51. The van der Waals surface area contributed by atoms with Gasteiger partial charge in [0.2, 0.25) is 0 Å². The first-order chi connectivity index (χ1) is 10.9. The van der Waals surface area contributed by atoms with E-state index < -0.39 is 0 Å². The SMILES string of the molecule is CC(C)(C)c1ccc2c(c1)CCN2C(=O)c1csc(CCN)n1.Cl. The summed E-state index contributed by atoms with van der Waals surface area (Å²) in [4.78, 5) is 19.0. The van der Waals surface area contributed by atoms with Crippen LogP contribution < -0.4 is 10.6 Å². The van der Waals surface area contributed by atoms with Crippen molar-refractivity contribution in [2.24, 2.45) is 5.73 Å². The third-order valence-corrected chi connectivity index (χ3v) is 5.12. The fourth-order valence-corrected chi connectivity index (χ4v) is 3.65. The minimum absolute atomic E-state index is 0. The van der Waals surface area contributed by atoms with Gasteiger partial charge in [-0.1, -0.05) is 32.9 Å². The maximum Gasteiger partial charge on any atom is 0.277 e. The fourth-order valence-electron chi connectivity index (χ4n) is 2.86. The molecule has 4 nitrogen and oxygen atoms in total. The molecular formula is C18H24ClN3OS. The lowest BCUT2D eigenvalue weighted by molar-refractivity contribution is 0.0985. The zero-order chi connectivity index (χ0) is 16.6. The number of hydrogen-bond acceptors (Lipinski definition) is 4. The lowest BCUT2D eigenvalue weighted by Gasteiger charge is -2.21. The van der Waals surface area contributed by atoms with Crippen molar-refractivity contribution in [2.45, 2.75) is 39.0 Å². The first-order valence-electron chi connectivity index (χ1n) is 8.00. The Balaban J connectivity index is 0.00000208. The summed E-state index contributed by atoms with van der Waals surface area (Å²) in [7, 11) is 0. The van der Waals surface area contributed by atoms with E-state index >= 15 is 0 Å². The molecular weight excluding hydrogens is 342 g/mol. The van der Waals surface area contributed by atoms with E-state index in [-0.39, 0.29) is 23.7 Å². The smallest absolute Gasteiger partial charge is 0.277 e. The summed E-state index contributed by atoms with van der Waals surface area (Å²) in [5.74, 6) is -0.00761. The topological polar surface area (TPSA) is 59.2 Å². The molecule has 3 rings (SSSR count). The number of hydrogen-bond donors (Lipinski definition) is 1. The molecule has 6 heteroatoms. The Bertz CT molecular complexity index is 736. The summed E-state index contributed by atoms with van der Waals surface area (Å²) in [6.07, 6.45) is 1.63. The molecule has 24 heavy (non-hydrogen) atoms. The predicted octanol–water partition coefficient (Wildman–Crippen LogP) is 3.57. The normalized spacial score (nSPS) is 13.6. The lowest BCUT2D eigenvalue weighted by Crippen LogP contribution is -2.29. The second-order valence-electron chi connectivity index (χ2n) is 6.97. The van der Waals surface area contributed by atoms with E-state index in [0.29, 0.717) is 12.2 Å². The molecule has 2 N–H and O–H groups in total. The van der Waals surface area contributed by atoms with Crippen LogP contribution in [0.5, 0.6) is 0 Å². The molecule has 0 spiro atoms. The van der Waals surface area contributed by atoms with Crippen molar-refractivity contribution in [2.75, 3.05) is 18.0 Å². The molecule has 1 aromatic heterocycles. The van der Waals surface area contributed by atoms with E-state index in [2.05, 4.69) is 44.0 Å². The molecule has 0 saturated carbocycles. The van der Waals surface area contributed by atoms with Gasteiger partial charge in [0.15, 0.2) is 0 Å². The van der Waals surface area contributed by atoms with Crippen LogP contribution in [-0.2, 0) is 18.3 Å². The van der Waals surface area contributed by atoms with Crippen LogP contribution >= 0.6 is 23.7 Å². The molecule has 0 bridgehead atoms. The zero-order valence-electron chi connectivity index (χ0n) is 14.3. The average molecular weight is 366 g/mol. The van der Waals surface area contributed by atoms with Gasteiger partial charge in [-0.15, -0.1) is 23.7 Å². The number of carbonyl (C=O) groups is 1. The van der Waals surface area contributed by atoms with E-state index in [1.54, 1.807) is 0 Å². The van der Waals surface area contributed by atoms with E-state index in [0.717, 1.165) is 30.1 Å². The maximum atomic E-state index is 12.7. The van der Waals surface area contributed by atoms with Gasteiger partial charge in [0.25, 0.3) is 5.91 Å². The Morgan fingerprint density at radius 1 is 1.38 bits per heavy atom. The molecule has 0 saturated heterocycles. The third-order valence-electron chi connectivity index (χ3n) is 4.22. The van der Waals surface area contributed by atoms with Crippen molar-refractivity contribution >= 4 is 35.3 Å². The Morgan fingerprint density at radius 3 is 2.79 bits per heavy atom. The second kappa shape index (κ2) is 7.21. The lowest BCUT2D eigenvalue weighted by atomic mass is 9.86. The van der Waals surface area contributed by atoms with E-state index in [1.165, 1.54) is 22.5 Å². The predicted molar refractivity (Wildman–Crippen MR) is 103 cm³/mol. The van der Waals surface area contributed by atoms with Crippen LogP contribution in [0.3, 0.4) is 0 Å². The number of nitrogens with zero attached hydrogens (tertiary/aromatic N) is 2. The summed E-state index contributed by atoms with van der Waals surface area (Å²) in [6.45, 7) is 7.91. The zero-order valence-corrected chi connectivity index (χ0v) is 16.0. The number of carbonyl (C=O) groups excluding carboxylic acids is 1. The van der Waals surface area contributed by atoms with Crippen LogP contribution in [0, 0.1) is 0 Å². The first-order valence-corrected chi connectivity index (χ1v) is 8.88. The standard InChI is InChI=1S/C18H23N3OS.ClH/c1-18(2,3)13-4-5-15-12(10-13)7-9-21(15)17(22)14-11-23-16(20-14)6-8-19;/h4-5,10-11H,6-9,19H2,1-3H3;1H. The first kappa shape index (κ1) is 18.9. The largest absolute Gasteiger partial charge is 0.330 e. The molecule has 2 aromatic rings. The van der Waals surface area contributed by atoms with E-state index in [1.807, 2.05) is 10.3 Å². The van der Waals surface area contributed by atoms with Gasteiger partial charge in [-0.2, -0.15) is 0 Å². The average Bonchev–Trinajstić information content (AvgIpc) is 3.12. The summed E-state index contributed by atoms with van der Waals surface area (Å²) in [5, 5.41) is 2.77. The van der Waals surface area contributed by atoms with Crippen molar-refractivity contribution in [3.05, 3.63) is 45.4 Å². The summed E-state index contributed by atoms with van der Waals surface area (Å²) < 4.78 is 0. The van der Waals surface area contributed by atoms with Crippen LogP contribution in [0.4, 0.5) is 5.69 Å². The maximum absolute atomic E-state index is 12.7. The van der Waals surface area contributed by atoms with Gasteiger partial charge >= 0.3 is 0 Å². The number of amides is 1. The number of rotatable bonds is 3. The van der Waals surface area contributed by atoms with Gasteiger partial charge in [-0.25, -0.2) is 4.98 Å². The molecule has 0 radical (unpaired) electrons. The molecule has 0 fully saturated rings.